The number of fused-ring (bicyclic) bond motifs is 1. The first-order chi connectivity index (χ1) is 9.34. The molecular weight excluding hydrogens is 236 g/mol. The highest BCUT2D eigenvalue weighted by atomic mass is 16.5. The number of hydrogen-bond donors (Lipinski definition) is 1. The first-order valence-corrected chi connectivity index (χ1v) is 7.49. The van der Waals surface area contributed by atoms with Crippen LogP contribution in [0.4, 0.5) is 5.69 Å². The largest absolute Gasteiger partial charge is 0.376 e. The summed E-state index contributed by atoms with van der Waals surface area (Å²) in [7, 11) is 2.20. The minimum Gasteiger partial charge on any atom is -0.376 e. The molecule has 0 aliphatic carbocycles. The molecule has 1 atom stereocenters. The van der Waals surface area contributed by atoms with Crippen molar-refractivity contribution in [2.75, 3.05) is 31.6 Å². The molecule has 0 amide bonds. The number of ether oxygens (including phenoxy) is 1. The van der Waals surface area contributed by atoms with Crippen molar-refractivity contribution in [3.8, 4) is 0 Å². The number of rotatable bonds is 3. The summed E-state index contributed by atoms with van der Waals surface area (Å²) in [5.74, 6) is 0. The highest BCUT2D eigenvalue weighted by Crippen LogP contribution is 2.27. The Hall–Kier alpha value is -1.06. The Kier molecular flexibility index (Phi) is 4.04. The first-order valence-electron chi connectivity index (χ1n) is 7.49. The molecule has 0 bridgehead atoms. The van der Waals surface area contributed by atoms with Crippen LogP contribution in [0.15, 0.2) is 18.2 Å². The molecule has 1 unspecified atom stereocenters. The van der Waals surface area contributed by atoms with Gasteiger partial charge in [-0.05, 0) is 49.4 Å². The van der Waals surface area contributed by atoms with Crippen molar-refractivity contribution in [2.24, 2.45) is 0 Å². The molecule has 2 heterocycles. The van der Waals surface area contributed by atoms with Gasteiger partial charge in [-0.15, -0.1) is 0 Å². The van der Waals surface area contributed by atoms with Crippen LogP contribution in [0, 0.1) is 0 Å². The molecule has 1 saturated heterocycles. The van der Waals surface area contributed by atoms with Crippen LogP contribution in [0.25, 0.3) is 0 Å². The monoisotopic (exact) mass is 260 g/mol. The van der Waals surface area contributed by atoms with E-state index in [4.69, 9.17) is 4.74 Å². The third-order valence-electron chi connectivity index (χ3n) is 4.28. The van der Waals surface area contributed by atoms with Crippen molar-refractivity contribution in [3.63, 3.8) is 0 Å². The third-order valence-corrected chi connectivity index (χ3v) is 4.28. The number of benzene rings is 1. The zero-order valence-corrected chi connectivity index (χ0v) is 11.8. The molecule has 104 valence electrons. The van der Waals surface area contributed by atoms with Crippen LogP contribution in [0.5, 0.6) is 0 Å². The van der Waals surface area contributed by atoms with E-state index >= 15 is 0 Å². The van der Waals surface area contributed by atoms with Crippen molar-refractivity contribution >= 4 is 5.69 Å². The van der Waals surface area contributed by atoms with Crippen LogP contribution >= 0.6 is 0 Å². The standard InChI is InChI=1S/C16H24N2O/c1-18(12-14-6-2-3-10-19-14)16-7-4-5-13-11-17-9-8-15(13)16/h4-5,7,14,17H,2-3,6,8-12H2,1H3. The van der Waals surface area contributed by atoms with Crippen molar-refractivity contribution in [1.29, 1.82) is 0 Å². The third kappa shape index (κ3) is 2.93. The van der Waals surface area contributed by atoms with Gasteiger partial charge in [0.1, 0.15) is 0 Å². The van der Waals surface area contributed by atoms with Crippen LogP contribution in [-0.4, -0.2) is 32.8 Å². The summed E-state index contributed by atoms with van der Waals surface area (Å²) in [6.07, 6.45) is 5.31. The Morgan fingerprint density at radius 2 is 2.32 bits per heavy atom. The van der Waals surface area contributed by atoms with E-state index in [9.17, 15) is 0 Å². The highest BCUT2D eigenvalue weighted by molar-refractivity contribution is 5.57. The zero-order chi connectivity index (χ0) is 13.1. The van der Waals surface area contributed by atoms with Gasteiger partial charge in [0, 0.05) is 32.4 Å². The van der Waals surface area contributed by atoms with E-state index in [0.29, 0.717) is 6.10 Å². The molecule has 1 aromatic rings. The quantitative estimate of drug-likeness (QED) is 0.903. The second-order valence-electron chi connectivity index (χ2n) is 5.71. The number of likely N-dealkylation sites (N-methyl/N-ethyl adjacent to an activating group) is 1. The topological polar surface area (TPSA) is 24.5 Å². The van der Waals surface area contributed by atoms with Crippen molar-refractivity contribution in [1.82, 2.24) is 5.32 Å². The van der Waals surface area contributed by atoms with Crippen molar-refractivity contribution in [2.45, 2.75) is 38.3 Å². The summed E-state index contributed by atoms with van der Waals surface area (Å²) in [6, 6.07) is 6.68. The molecule has 2 aliphatic rings. The molecule has 0 spiro atoms. The predicted octanol–water partition coefficient (Wildman–Crippen LogP) is 2.34. The van der Waals surface area contributed by atoms with E-state index in [1.54, 1.807) is 0 Å². The highest BCUT2D eigenvalue weighted by Gasteiger charge is 2.19. The predicted molar refractivity (Wildman–Crippen MR) is 78.7 cm³/mol. The maximum absolute atomic E-state index is 5.86. The van der Waals surface area contributed by atoms with Gasteiger partial charge in [0.25, 0.3) is 0 Å². The van der Waals surface area contributed by atoms with Gasteiger partial charge >= 0.3 is 0 Å². The lowest BCUT2D eigenvalue weighted by Gasteiger charge is -2.31. The van der Waals surface area contributed by atoms with Gasteiger partial charge in [0.05, 0.1) is 6.10 Å². The Morgan fingerprint density at radius 3 is 3.16 bits per heavy atom. The fourth-order valence-corrected chi connectivity index (χ4v) is 3.22. The summed E-state index contributed by atoms with van der Waals surface area (Å²) in [4.78, 5) is 2.39. The number of nitrogens with zero attached hydrogens (tertiary/aromatic N) is 1. The molecule has 1 fully saturated rings. The molecule has 0 saturated carbocycles. The second-order valence-corrected chi connectivity index (χ2v) is 5.71. The summed E-state index contributed by atoms with van der Waals surface area (Å²) >= 11 is 0. The average molecular weight is 260 g/mol. The molecule has 19 heavy (non-hydrogen) atoms. The fraction of sp³-hybridized carbons (Fsp3) is 0.625. The average Bonchev–Trinajstić information content (AvgIpc) is 2.47. The molecule has 0 aromatic heterocycles. The molecule has 2 aliphatic heterocycles. The van der Waals surface area contributed by atoms with Crippen LogP contribution in [0.2, 0.25) is 0 Å². The van der Waals surface area contributed by atoms with Gasteiger partial charge in [0.15, 0.2) is 0 Å². The summed E-state index contributed by atoms with van der Waals surface area (Å²) < 4.78 is 5.86. The normalized spacial score (nSPS) is 22.9. The second kappa shape index (κ2) is 5.93. The first kappa shape index (κ1) is 12.9. The van der Waals surface area contributed by atoms with E-state index in [2.05, 4.69) is 35.5 Å². The minimum absolute atomic E-state index is 0.413. The molecule has 3 rings (SSSR count). The van der Waals surface area contributed by atoms with Gasteiger partial charge in [-0.1, -0.05) is 12.1 Å². The zero-order valence-electron chi connectivity index (χ0n) is 11.8. The molecule has 3 nitrogen and oxygen atoms in total. The fourth-order valence-electron chi connectivity index (χ4n) is 3.22. The van der Waals surface area contributed by atoms with Crippen molar-refractivity contribution < 1.29 is 4.74 Å². The summed E-state index contributed by atoms with van der Waals surface area (Å²) in [5, 5.41) is 3.45. The SMILES string of the molecule is CN(CC1CCCCO1)c1cccc2c1CCNC2. The molecule has 0 radical (unpaired) electrons. The molecule has 1 aromatic carbocycles. The molecular formula is C16H24N2O. The van der Waals surface area contributed by atoms with E-state index in [-0.39, 0.29) is 0 Å². The van der Waals surface area contributed by atoms with Gasteiger partial charge < -0.3 is 15.0 Å². The smallest absolute Gasteiger partial charge is 0.0749 e. The number of anilines is 1. The molecule has 3 heteroatoms. The maximum atomic E-state index is 5.86. The van der Waals surface area contributed by atoms with Crippen LogP contribution in [-0.2, 0) is 17.7 Å². The Bertz CT molecular complexity index is 427. The van der Waals surface area contributed by atoms with Gasteiger partial charge in [-0.25, -0.2) is 0 Å². The maximum Gasteiger partial charge on any atom is 0.0749 e. The van der Waals surface area contributed by atoms with Crippen LogP contribution in [0.1, 0.15) is 30.4 Å². The molecule has 1 N–H and O–H groups in total. The number of nitrogens with one attached hydrogen (secondary N) is 1. The number of hydrogen-bond acceptors (Lipinski definition) is 3. The van der Waals surface area contributed by atoms with E-state index in [1.807, 2.05) is 0 Å². The van der Waals surface area contributed by atoms with Gasteiger partial charge in [0.2, 0.25) is 0 Å². The van der Waals surface area contributed by atoms with Crippen LogP contribution in [0.3, 0.4) is 0 Å². The van der Waals surface area contributed by atoms with E-state index < -0.39 is 0 Å². The van der Waals surface area contributed by atoms with Crippen molar-refractivity contribution in [3.05, 3.63) is 29.3 Å². The summed E-state index contributed by atoms with van der Waals surface area (Å²) in [6.45, 7) is 4.06. The Labute approximate surface area is 115 Å². The van der Waals surface area contributed by atoms with E-state index in [1.165, 1.54) is 36.1 Å². The van der Waals surface area contributed by atoms with Crippen LogP contribution < -0.4 is 10.2 Å². The van der Waals surface area contributed by atoms with Gasteiger partial charge in [-0.3, -0.25) is 0 Å². The minimum atomic E-state index is 0.413. The Balaban J connectivity index is 1.73. The lowest BCUT2D eigenvalue weighted by Crippen LogP contribution is -2.34. The van der Waals surface area contributed by atoms with E-state index in [0.717, 1.165) is 32.7 Å². The van der Waals surface area contributed by atoms with Gasteiger partial charge in [-0.2, -0.15) is 0 Å². The summed E-state index contributed by atoms with van der Waals surface area (Å²) in [5.41, 5.74) is 4.38. The Morgan fingerprint density at radius 1 is 1.37 bits per heavy atom. The lowest BCUT2D eigenvalue weighted by molar-refractivity contribution is 0.0216. The lowest BCUT2D eigenvalue weighted by atomic mass is 9.98.